The maximum atomic E-state index is 13.5. The van der Waals surface area contributed by atoms with Gasteiger partial charge in [0.1, 0.15) is 11.5 Å². The number of aryl methyl sites for hydroxylation is 2. The Morgan fingerprint density at radius 3 is 2.26 bits per heavy atom. The minimum Gasteiger partial charge on any atom is -0.497 e. The zero-order valence-corrected chi connectivity index (χ0v) is 19.8. The molecule has 1 amide bonds. The molecule has 0 N–H and O–H groups in total. The Hall–Kier alpha value is -2.80. The highest BCUT2D eigenvalue weighted by molar-refractivity contribution is 9.08. The maximum Gasteiger partial charge on any atom is 0.254 e. The van der Waals surface area contributed by atoms with Crippen molar-refractivity contribution in [3.8, 4) is 22.6 Å². The molecule has 0 aliphatic carbocycles. The quantitative estimate of drug-likeness (QED) is 0.484. The molecule has 3 aromatic rings. The van der Waals surface area contributed by atoms with Gasteiger partial charge in [0.25, 0.3) is 5.91 Å². The predicted molar refractivity (Wildman–Crippen MR) is 124 cm³/mol. The van der Waals surface area contributed by atoms with Gasteiger partial charge in [0, 0.05) is 48.9 Å². The number of hydrogen-bond acceptors (Lipinski definition) is 4. The van der Waals surface area contributed by atoms with Crippen molar-refractivity contribution < 1.29 is 14.3 Å². The van der Waals surface area contributed by atoms with Gasteiger partial charge in [0.2, 0.25) is 0 Å². The lowest BCUT2D eigenvalue weighted by molar-refractivity contribution is 0.0727. The van der Waals surface area contributed by atoms with Crippen molar-refractivity contribution in [3.63, 3.8) is 0 Å². The van der Waals surface area contributed by atoms with Crippen molar-refractivity contribution in [2.75, 3.05) is 20.8 Å². The second kappa shape index (κ2) is 8.75. The van der Waals surface area contributed by atoms with Crippen molar-refractivity contribution in [2.24, 2.45) is 7.05 Å². The number of carbonyl (C=O) groups excluding carboxylic acids is 1. The van der Waals surface area contributed by atoms with E-state index in [9.17, 15) is 4.79 Å². The van der Waals surface area contributed by atoms with Gasteiger partial charge in [0.05, 0.1) is 19.9 Å². The van der Waals surface area contributed by atoms with E-state index in [0.717, 1.165) is 57.0 Å². The molecule has 1 aliphatic rings. The lowest BCUT2D eigenvalue weighted by Gasteiger charge is -2.30. The second-order valence-corrected chi connectivity index (χ2v) is 8.36. The largest absolute Gasteiger partial charge is 0.497 e. The van der Waals surface area contributed by atoms with Crippen LogP contribution in [-0.2, 0) is 25.3 Å². The predicted octanol–water partition coefficient (Wildman–Crippen LogP) is 4.51. The van der Waals surface area contributed by atoms with Gasteiger partial charge < -0.3 is 14.4 Å². The Kier molecular flexibility index (Phi) is 6.05. The fourth-order valence-electron chi connectivity index (χ4n) is 4.22. The first-order valence-electron chi connectivity index (χ1n) is 10.2. The molecule has 162 valence electrons. The van der Waals surface area contributed by atoms with Crippen LogP contribution in [0.3, 0.4) is 0 Å². The molecule has 1 aliphatic heterocycles. The standard InChI is InChI=1S/C24H26BrN3O3/c1-15-23(14-27(2)26-15)21-9-16(12-25)10-22-20(21)5-6-28(24(22)29)13-17-7-18(30-3)11-19(8-17)31-4/h7-11,14H,5-6,12-13H2,1-4H3. The van der Waals surface area contributed by atoms with E-state index in [1.54, 1.807) is 14.2 Å². The summed E-state index contributed by atoms with van der Waals surface area (Å²) in [4.78, 5) is 15.4. The van der Waals surface area contributed by atoms with Gasteiger partial charge in [-0.1, -0.05) is 15.9 Å². The molecule has 4 rings (SSSR count). The zero-order chi connectivity index (χ0) is 22.1. The molecule has 2 heterocycles. The number of carbonyl (C=O) groups is 1. The van der Waals surface area contributed by atoms with E-state index in [1.165, 1.54) is 0 Å². The highest BCUT2D eigenvalue weighted by Crippen LogP contribution is 2.34. The lowest BCUT2D eigenvalue weighted by Crippen LogP contribution is -2.37. The number of ether oxygens (including phenoxy) is 2. The van der Waals surface area contributed by atoms with Crippen molar-refractivity contribution in [1.82, 2.24) is 14.7 Å². The smallest absolute Gasteiger partial charge is 0.254 e. The fraction of sp³-hybridized carbons (Fsp3) is 0.333. The molecule has 6 nitrogen and oxygen atoms in total. The summed E-state index contributed by atoms with van der Waals surface area (Å²) in [5.41, 5.74) is 7.09. The Labute approximate surface area is 190 Å². The van der Waals surface area contributed by atoms with Crippen LogP contribution >= 0.6 is 15.9 Å². The average molecular weight is 484 g/mol. The molecule has 0 fully saturated rings. The molecule has 0 radical (unpaired) electrons. The van der Waals surface area contributed by atoms with Gasteiger partial charge in [-0.3, -0.25) is 9.48 Å². The van der Waals surface area contributed by atoms with Gasteiger partial charge in [-0.15, -0.1) is 0 Å². The molecule has 0 saturated heterocycles. The molecule has 2 aromatic carbocycles. The number of halogens is 1. The van der Waals surface area contributed by atoms with Crippen LogP contribution in [0.4, 0.5) is 0 Å². The summed E-state index contributed by atoms with van der Waals surface area (Å²) >= 11 is 3.56. The van der Waals surface area contributed by atoms with Gasteiger partial charge >= 0.3 is 0 Å². The second-order valence-electron chi connectivity index (χ2n) is 7.80. The van der Waals surface area contributed by atoms with E-state index in [1.807, 2.05) is 54.0 Å². The highest BCUT2D eigenvalue weighted by Gasteiger charge is 2.28. The molecular formula is C24H26BrN3O3. The number of rotatable bonds is 6. The summed E-state index contributed by atoms with van der Waals surface area (Å²) in [6.45, 7) is 3.17. The van der Waals surface area contributed by atoms with Gasteiger partial charge in [-0.05, 0) is 59.9 Å². The third-order valence-electron chi connectivity index (χ3n) is 5.70. The first-order valence-corrected chi connectivity index (χ1v) is 11.3. The molecule has 7 heteroatoms. The van der Waals surface area contributed by atoms with E-state index in [2.05, 4.69) is 27.1 Å². The van der Waals surface area contributed by atoms with Gasteiger partial charge in [-0.25, -0.2) is 0 Å². The van der Waals surface area contributed by atoms with Crippen LogP contribution in [0.15, 0.2) is 36.5 Å². The minimum absolute atomic E-state index is 0.0497. The summed E-state index contributed by atoms with van der Waals surface area (Å²) in [7, 11) is 5.18. The van der Waals surface area contributed by atoms with Gasteiger partial charge in [-0.2, -0.15) is 5.10 Å². The van der Waals surface area contributed by atoms with Crippen LogP contribution in [0, 0.1) is 6.92 Å². The van der Waals surface area contributed by atoms with E-state index in [-0.39, 0.29) is 5.91 Å². The Morgan fingerprint density at radius 2 is 1.68 bits per heavy atom. The van der Waals surface area contributed by atoms with E-state index in [0.29, 0.717) is 18.4 Å². The molecule has 31 heavy (non-hydrogen) atoms. The number of aromatic nitrogens is 2. The third kappa shape index (κ3) is 4.19. The van der Waals surface area contributed by atoms with Crippen LogP contribution in [0.25, 0.3) is 11.1 Å². The summed E-state index contributed by atoms with van der Waals surface area (Å²) in [5, 5.41) is 5.19. The molecular weight excluding hydrogens is 458 g/mol. The number of amides is 1. The van der Waals surface area contributed by atoms with Crippen molar-refractivity contribution in [1.29, 1.82) is 0 Å². The minimum atomic E-state index is 0.0497. The topological polar surface area (TPSA) is 56.6 Å². The van der Waals surface area contributed by atoms with E-state index < -0.39 is 0 Å². The summed E-state index contributed by atoms with van der Waals surface area (Å²) < 4.78 is 12.6. The van der Waals surface area contributed by atoms with Crippen LogP contribution in [0.2, 0.25) is 0 Å². The zero-order valence-electron chi connectivity index (χ0n) is 18.2. The number of benzene rings is 2. The van der Waals surface area contributed by atoms with Crippen LogP contribution in [0.1, 0.15) is 32.7 Å². The number of fused-ring (bicyclic) bond motifs is 1. The third-order valence-corrected chi connectivity index (χ3v) is 6.35. The maximum absolute atomic E-state index is 13.5. The first-order chi connectivity index (χ1) is 14.9. The van der Waals surface area contributed by atoms with Crippen LogP contribution < -0.4 is 9.47 Å². The van der Waals surface area contributed by atoms with Gasteiger partial charge in [0.15, 0.2) is 0 Å². The highest BCUT2D eigenvalue weighted by atomic mass is 79.9. The molecule has 0 atom stereocenters. The van der Waals surface area contributed by atoms with E-state index >= 15 is 0 Å². The first kappa shape index (κ1) is 21.4. The number of methoxy groups -OCH3 is 2. The Bertz CT molecular complexity index is 1120. The monoisotopic (exact) mass is 483 g/mol. The molecule has 1 aromatic heterocycles. The normalized spacial score (nSPS) is 13.3. The summed E-state index contributed by atoms with van der Waals surface area (Å²) in [6.07, 6.45) is 2.83. The number of nitrogens with zero attached hydrogens (tertiary/aromatic N) is 3. The number of alkyl halides is 1. The molecule has 0 bridgehead atoms. The van der Waals surface area contributed by atoms with E-state index in [4.69, 9.17) is 9.47 Å². The Morgan fingerprint density at radius 1 is 1.00 bits per heavy atom. The van der Waals surface area contributed by atoms with Crippen molar-refractivity contribution in [2.45, 2.75) is 25.2 Å². The molecule has 0 saturated carbocycles. The van der Waals surface area contributed by atoms with Crippen molar-refractivity contribution >= 4 is 21.8 Å². The Balaban J connectivity index is 1.71. The van der Waals surface area contributed by atoms with Crippen LogP contribution in [-0.4, -0.2) is 41.4 Å². The van der Waals surface area contributed by atoms with Crippen molar-refractivity contribution in [3.05, 3.63) is 64.5 Å². The molecule has 0 spiro atoms. The fourth-order valence-corrected chi connectivity index (χ4v) is 4.54. The number of hydrogen-bond donors (Lipinski definition) is 0. The lowest BCUT2D eigenvalue weighted by atomic mass is 9.88. The van der Waals surface area contributed by atoms with Crippen LogP contribution in [0.5, 0.6) is 11.5 Å². The average Bonchev–Trinajstić information content (AvgIpc) is 3.12. The SMILES string of the molecule is COc1cc(CN2CCc3c(cc(CBr)cc3-c3cn(C)nc3C)C2=O)cc(OC)c1. The summed E-state index contributed by atoms with van der Waals surface area (Å²) in [6, 6.07) is 9.92. The summed E-state index contributed by atoms with van der Waals surface area (Å²) in [5.74, 6) is 1.49. The molecule has 0 unspecified atom stereocenters.